The molecule has 2 N–H and O–H groups in total. The number of aromatic amines is 1. The fourth-order valence-corrected chi connectivity index (χ4v) is 1.46. The second-order valence-electron chi connectivity index (χ2n) is 3.54. The molecule has 94 valence electrons. The number of amides is 1. The highest BCUT2D eigenvalue weighted by Crippen LogP contribution is 2.18. The lowest BCUT2D eigenvalue weighted by molar-refractivity contribution is -0.122. The quantitative estimate of drug-likeness (QED) is 0.885. The van der Waals surface area contributed by atoms with Crippen LogP contribution >= 0.6 is 11.6 Å². The second-order valence-corrected chi connectivity index (χ2v) is 3.98. The first kappa shape index (κ1) is 12.4. The number of benzene rings is 1. The van der Waals surface area contributed by atoms with Crippen LogP contribution in [-0.4, -0.2) is 27.2 Å². The van der Waals surface area contributed by atoms with E-state index in [0.29, 0.717) is 10.8 Å². The van der Waals surface area contributed by atoms with Crippen molar-refractivity contribution in [3.8, 4) is 5.75 Å². The topological polar surface area (TPSA) is 79.9 Å². The molecule has 0 saturated carbocycles. The van der Waals surface area contributed by atoms with Gasteiger partial charge in [-0.05, 0) is 25.1 Å². The molecule has 1 aromatic carbocycles. The number of nitrogens with one attached hydrogen (secondary N) is 2. The van der Waals surface area contributed by atoms with E-state index in [2.05, 4.69) is 20.5 Å². The molecule has 0 radical (unpaired) electrons. The van der Waals surface area contributed by atoms with Crippen molar-refractivity contribution in [3.05, 3.63) is 35.6 Å². The van der Waals surface area contributed by atoms with Gasteiger partial charge in [-0.25, -0.2) is 5.10 Å². The SMILES string of the molecule is C[C@H](Oc1cccc(Cl)c1)C(=O)Nc1ncn[nH]1. The maximum Gasteiger partial charge on any atom is 0.267 e. The number of carbonyl (C=O) groups excluding carboxylic acids is 1. The smallest absolute Gasteiger partial charge is 0.267 e. The van der Waals surface area contributed by atoms with Gasteiger partial charge in [-0.15, -0.1) is 0 Å². The number of H-pyrrole nitrogens is 1. The lowest BCUT2D eigenvalue weighted by atomic mass is 10.3. The van der Waals surface area contributed by atoms with Crippen molar-refractivity contribution in [1.29, 1.82) is 0 Å². The molecule has 1 heterocycles. The third-order valence-electron chi connectivity index (χ3n) is 2.13. The molecule has 0 aliphatic carbocycles. The number of ether oxygens (including phenoxy) is 1. The Bertz CT molecular complexity index is 530. The molecule has 0 fully saturated rings. The Labute approximate surface area is 108 Å². The van der Waals surface area contributed by atoms with E-state index in [1.807, 2.05) is 0 Å². The zero-order valence-corrected chi connectivity index (χ0v) is 10.3. The number of hydrogen-bond donors (Lipinski definition) is 2. The Morgan fingerprint density at radius 1 is 1.56 bits per heavy atom. The van der Waals surface area contributed by atoms with Gasteiger partial charge in [0.25, 0.3) is 5.91 Å². The summed E-state index contributed by atoms with van der Waals surface area (Å²) in [6, 6.07) is 6.84. The summed E-state index contributed by atoms with van der Waals surface area (Å²) in [6.07, 6.45) is 0.631. The van der Waals surface area contributed by atoms with Gasteiger partial charge in [-0.1, -0.05) is 17.7 Å². The minimum Gasteiger partial charge on any atom is -0.481 e. The molecular formula is C11H11ClN4O2. The Hall–Kier alpha value is -2.08. The summed E-state index contributed by atoms with van der Waals surface area (Å²) < 4.78 is 5.45. The van der Waals surface area contributed by atoms with Crippen molar-refractivity contribution in [3.63, 3.8) is 0 Å². The molecule has 0 bridgehead atoms. The maximum atomic E-state index is 11.7. The number of halogens is 1. The van der Waals surface area contributed by atoms with Gasteiger partial charge in [-0.2, -0.15) is 10.1 Å². The first-order valence-corrected chi connectivity index (χ1v) is 5.61. The van der Waals surface area contributed by atoms with Crippen LogP contribution in [0.2, 0.25) is 5.02 Å². The summed E-state index contributed by atoms with van der Waals surface area (Å²) in [5, 5.41) is 9.23. The highest BCUT2D eigenvalue weighted by Gasteiger charge is 2.15. The van der Waals surface area contributed by atoms with Crippen LogP contribution in [0, 0.1) is 0 Å². The lowest BCUT2D eigenvalue weighted by Crippen LogP contribution is -2.30. The van der Waals surface area contributed by atoms with Gasteiger partial charge in [-0.3, -0.25) is 10.1 Å². The maximum absolute atomic E-state index is 11.7. The van der Waals surface area contributed by atoms with Gasteiger partial charge in [0.1, 0.15) is 12.1 Å². The monoisotopic (exact) mass is 266 g/mol. The molecule has 1 amide bonds. The van der Waals surface area contributed by atoms with E-state index in [-0.39, 0.29) is 11.9 Å². The molecule has 2 rings (SSSR count). The van der Waals surface area contributed by atoms with Crippen LogP contribution in [0.5, 0.6) is 5.75 Å². The Morgan fingerprint density at radius 3 is 3.06 bits per heavy atom. The molecule has 1 atom stereocenters. The molecule has 0 saturated heterocycles. The Morgan fingerprint density at radius 2 is 2.39 bits per heavy atom. The van der Waals surface area contributed by atoms with Crippen LogP contribution in [0.4, 0.5) is 5.95 Å². The first-order chi connectivity index (χ1) is 8.65. The molecular weight excluding hydrogens is 256 g/mol. The summed E-state index contributed by atoms with van der Waals surface area (Å²) in [7, 11) is 0. The molecule has 7 heteroatoms. The molecule has 0 unspecified atom stereocenters. The van der Waals surface area contributed by atoms with Crippen molar-refractivity contribution in [2.75, 3.05) is 5.32 Å². The third-order valence-corrected chi connectivity index (χ3v) is 2.37. The van der Waals surface area contributed by atoms with E-state index in [1.165, 1.54) is 6.33 Å². The largest absolute Gasteiger partial charge is 0.481 e. The van der Waals surface area contributed by atoms with E-state index in [4.69, 9.17) is 16.3 Å². The number of aromatic nitrogens is 3. The Kier molecular flexibility index (Phi) is 3.78. The van der Waals surface area contributed by atoms with Gasteiger partial charge in [0, 0.05) is 5.02 Å². The summed E-state index contributed by atoms with van der Waals surface area (Å²) in [4.78, 5) is 15.5. The van der Waals surface area contributed by atoms with Crippen molar-refractivity contribution >= 4 is 23.5 Å². The first-order valence-electron chi connectivity index (χ1n) is 5.23. The fraction of sp³-hybridized carbons (Fsp3) is 0.182. The molecule has 0 spiro atoms. The second kappa shape index (κ2) is 5.50. The van der Waals surface area contributed by atoms with Crippen LogP contribution in [0.3, 0.4) is 0 Å². The number of nitrogens with zero attached hydrogens (tertiary/aromatic N) is 2. The number of anilines is 1. The van der Waals surface area contributed by atoms with E-state index < -0.39 is 6.10 Å². The van der Waals surface area contributed by atoms with E-state index in [9.17, 15) is 4.79 Å². The van der Waals surface area contributed by atoms with Crippen LogP contribution in [0.15, 0.2) is 30.6 Å². The minimum absolute atomic E-state index is 0.279. The standard InChI is InChI=1S/C11H11ClN4O2/c1-7(10(17)15-11-13-6-14-16-11)18-9-4-2-3-8(12)5-9/h2-7H,1H3,(H2,13,14,15,16,17)/t7-/m0/s1. The number of carbonyl (C=O) groups is 1. The molecule has 2 aromatic rings. The van der Waals surface area contributed by atoms with E-state index in [0.717, 1.165) is 0 Å². The Balaban J connectivity index is 1.95. The van der Waals surface area contributed by atoms with Crippen molar-refractivity contribution < 1.29 is 9.53 Å². The van der Waals surface area contributed by atoms with Crippen molar-refractivity contribution in [1.82, 2.24) is 15.2 Å². The number of hydrogen-bond acceptors (Lipinski definition) is 4. The summed E-state index contributed by atoms with van der Waals surface area (Å²) in [5.74, 6) is 0.482. The minimum atomic E-state index is -0.673. The van der Waals surface area contributed by atoms with Crippen molar-refractivity contribution in [2.45, 2.75) is 13.0 Å². The highest BCUT2D eigenvalue weighted by molar-refractivity contribution is 6.30. The molecule has 6 nitrogen and oxygen atoms in total. The van der Waals surface area contributed by atoms with Crippen LogP contribution in [0.1, 0.15) is 6.92 Å². The van der Waals surface area contributed by atoms with Crippen molar-refractivity contribution in [2.24, 2.45) is 0 Å². The average Bonchev–Trinajstić information content (AvgIpc) is 2.81. The van der Waals surface area contributed by atoms with E-state index >= 15 is 0 Å². The molecule has 1 aromatic heterocycles. The number of rotatable bonds is 4. The predicted molar refractivity (Wildman–Crippen MR) is 66.6 cm³/mol. The highest BCUT2D eigenvalue weighted by atomic mass is 35.5. The lowest BCUT2D eigenvalue weighted by Gasteiger charge is -2.13. The third kappa shape index (κ3) is 3.21. The van der Waals surface area contributed by atoms with Gasteiger partial charge in [0.05, 0.1) is 0 Å². The average molecular weight is 267 g/mol. The van der Waals surface area contributed by atoms with Gasteiger partial charge in [0.2, 0.25) is 5.95 Å². The van der Waals surface area contributed by atoms with Crippen LogP contribution < -0.4 is 10.1 Å². The van der Waals surface area contributed by atoms with Crippen LogP contribution in [0.25, 0.3) is 0 Å². The van der Waals surface area contributed by atoms with Crippen LogP contribution in [-0.2, 0) is 4.79 Å². The molecule has 0 aliphatic heterocycles. The van der Waals surface area contributed by atoms with Gasteiger partial charge < -0.3 is 4.74 Å². The molecule has 0 aliphatic rings. The fourth-order valence-electron chi connectivity index (χ4n) is 1.28. The van der Waals surface area contributed by atoms with E-state index in [1.54, 1.807) is 31.2 Å². The normalized spacial score (nSPS) is 11.9. The molecule has 18 heavy (non-hydrogen) atoms. The zero-order valence-electron chi connectivity index (χ0n) is 9.55. The summed E-state index contributed by atoms with van der Waals surface area (Å²) in [6.45, 7) is 1.63. The van der Waals surface area contributed by atoms with Gasteiger partial charge in [0.15, 0.2) is 6.10 Å². The zero-order chi connectivity index (χ0) is 13.0. The predicted octanol–water partition coefficient (Wildman–Crippen LogP) is 1.86. The summed E-state index contributed by atoms with van der Waals surface area (Å²) in [5.41, 5.74) is 0. The van der Waals surface area contributed by atoms with Gasteiger partial charge >= 0.3 is 0 Å². The summed E-state index contributed by atoms with van der Waals surface area (Å²) >= 11 is 5.82.